The van der Waals surface area contributed by atoms with Crippen molar-refractivity contribution in [2.24, 2.45) is 5.92 Å². The van der Waals surface area contributed by atoms with E-state index < -0.39 is 34.8 Å². The van der Waals surface area contributed by atoms with E-state index in [2.05, 4.69) is 10.2 Å². The number of ketones is 2. The van der Waals surface area contributed by atoms with Gasteiger partial charge in [0.25, 0.3) is 0 Å². The molecule has 2 aromatic rings. The van der Waals surface area contributed by atoms with E-state index in [9.17, 15) is 24.6 Å². The first-order chi connectivity index (χ1) is 22.1. The highest BCUT2D eigenvalue weighted by Gasteiger charge is 2.61. The van der Waals surface area contributed by atoms with E-state index in [1.807, 2.05) is 0 Å². The number of carbonyl (C=O) groups is 3. The molecule has 1 spiro atoms. The molecule has 2 heterocycles. The third-order valence-electron chi connectivity index (χ3n) is 8.93. The summed E-state index contributed by atoms with van der Waals surface area (Å²) in [5, 5.41) is 25.2. The van der Waals surface area contributed by atoms with Gasteiger partial charge in [0.1, 0.15) is 22.1 Å². The molecule has 12 nitrogen and oxygen atoms in total. The van der Waals surface area contributed by atoms with Gasteiger partial charge in [0.15, 0.2) is 28.8 Å². The van der Waals surface area contributed by atoms with Crippen LogP contribution in [0.4, 0.5) is 0 Å². The number of phenols is 1. The highest BCUT2D eigenvalue weighted by molar-refractivity contribution is 6.35. The number of methoxy groups -OCH3 is 3. The predicted octanol–water partition coefficient (Wildman–Crippen LogP) is 3.82. The third-order valence-corrected chi connectivity index (χ3v) is 9.29. The quantitative estimate of drug-likeness (QED) is 0.302. The summed E-state index contributed by atoms with van der Waals surface area (Å²) in [7, 11) is 4.16. The van der Waals surface area contributed by atoms with E-state index in [-0.39, 0.29) is 63.7 Å². The van der Waals surface area contributed by atoms with Crippen molar-refractivity contribution < 1.29 is 48.3 Å². The lowest BCUT2D eigenvalue weighted by atomic mass is 9.69. The molecule has 13 heteroatoms. The van der Waals surface area contributed by atoms with Crippen LogP contribution in [0, 0.1) is 5.92 Å². The molecule has 46 heavy (non-hydrogen) atoms. The molecular formula is C33H39ClN2O10. The van der Waals surface area contributed by atoms with Crippen LogP contribution in [0.15, 0.2) is 35.6 Å². The fourth-order valence-electron chi connectivity index (χ4n) is 6.45. The van der Waals surface area contributed by atoms with Gasteiger partial charge in [0, 0.05) is 56.0 Å². The molecule has 1 amide bonds. The standard InChI is InChI=1S/C33H39ClN2O10/c1-18-14-22(38)27(31(40)33(18)32(41)28-24(43-3)17-25(44-4)29(34)30(28)46-33)20(19-6-7-21(37)23(15-19)42-2)16-26(39)35-8-5-9-36-10-12-45-13-11-36/h6-7,15,17-18,20,37,40H,5,8-14,16H2,1-4H3,(H,35,39)/t18-,20-,33+/m1/s1. The van der Waals surface area contributed by atoms with Crippen molar-refractivity contribution in [3.63, 3.8) is 0 Å². The second-order valence-corrected chi connectivity index (χ2v) is 12.0. The zero-order chi connectivity index (χ0) is 33.2. The smallest absolute Gasteiger partial charge is 0.231 e. The van der Waals surface area contributed by atoms with Gasteiger partial charge in [0.2, 0.25) is 17.3 Å². The lowest BCUT2D eigenvalue weighted by Gasteiger charge is -2.38. The molecule has 3 N–H and O–H groups in total. The molecule has 0 radical (unpaired) electrons. The number of allylic oxidation sites excluding steroid dienone is 1. The SMILES string of the molecule is COc1cc([C@@H](CC(=O)NCCCN2CCOCC2)C2=C(O)[C@@]3(Oc4c(Cl)c(OC)cc(OC)c4C3=O)[C@H](C)CC2=O)ccc1O. The maximum absolute atomic E-state index is 14.3. The Hall–Kier alpha value is -4.00. The number of morpholine rings is 1. The minimum atomic E-state index is -2.01. The second-order valence-electron chi connectivity index (χ2n) is 11.6. The summed E-state index contributed by atoms with van der Waals surface area (Å²) in [6.07, 6.45) is 0.312. The summed E-state index contributed by atoms with van der Waals surface area (Å²) >= 11 is 6.57. The van der Waals surface area contributed by atoms with Crippen molar-refractivity contribution in [3.05, 3.63) is 51.7 Å². The van der Waals surface area contributed by atoms with Crippen molar-refractivity contribution in [1.82, 2.24) is 10.2 Å². The fraction of sp³-hybridized carbons (Fsp3) is 0.485. The van der Waals surface area contributed by atoms with Gasteiger partial charge in [-0.2, -0.15) is 0 Å². The van der Waals surface area contributed by atoms with Crippen molar-refractivity contribution in [1.29, 1.82) is 0 Å². The van der Waals surface area contributed by atoms with Crippen LogP contribution >= 0.6 is 11.6 Å². The van der Waals surface area contributed by atoms with Gasteiger partial charge in [0.05, 0.1) is 34.5 Å². The maximum atomic E-state index is 14.3. The Bertz CT molecular complexity index is 1550. The summed E-state index contributed by atoms with van der Waals surface area (Å²) < 4.78 is 27.8. The molecule has 0 bridgehead atoms. The molecule has 0 aromatic heterocycles. The molecule has 1 fully saturated rings. The molecule has 2 aliphatic heterocycles. The largest absolute Gasteiger partial charge is 0.507 e. The molecule has 3 atom stereocenters. The molecule has 2 aromatic carbocycles. The number of aliphatic hydroxyl groups is 1. The van der Waals surface area contributed by atoms with E-state index in [0.29, 0.717) is 31.7 Å². The number of hydrogen-bond acceptors (Lipinski definition) is 11. The van der Waals surface area contributed by atoms with Crippen LogP contribution in [0.3, 0.4) is 0 Å². The topological polar surface area (TPSA) is 153 Å². The number of benzene rings is 2. The van der Waals surface area contributed by atoms with Crippen LogP contribution in [0.25, 0.3) is 0 Å². The minimum absolute atomic E-state index is 0.0123. The first kappa shape index (κ1) is 33.4. The molecule has 1 saturated heterocycles. The Balaban J connectivity index is 1.52. The predicted molar refractivity (Wildman–Crippen MR) is 168 cm³/mol. The number of rotatable bonds is 11. The lowest BCUT2D eigenvalue weighted by Crippen LogP contribution is -2.53. The third kappa shape index (κ3) is 5.96. The molecular weight excluding hydrogens is 620 g/mol. The number of ether oxygens (including phenoxy) is 5. The average molecular weight is 659 g/mol. The number of amides is 1. The zero-order valence-corrected chi connectivity index (χ0v) is 27.1. The van der Waals surface area contributed by atoms with Gasteiger partial charge in [-0.25, -0.2) is 0 Å². The van der Waals surface area contributed by atoms with Crippen LogP contribution in [0.5, 0.6) is 28.7 Å². The van der Waals surface area contributed by atoms with Gasteiger partial charge in [-0.15, -0.1) is 0 Å². The van der Waals surface area contributed by atoms with Crippen LogP contribution in [-0.4, -0.2) is 98.9 Å². The summed E-state index contributed by atoms with van der Waals surface area (Å²) in [5.41, 5.74) is -1.72. The first-order valence-electron chi connectivity index (χ1n) is 15.2. The highest BCUT2D eigenvalue weighted by Crippen LogP contribution is 2.56. The second kappa shape index (κ2) is 13.8. The van der Waals surface area contributed by atoms with Crippen molar-refractivity contribution in [3.8, 4) is 28.7 Å². The van der Waals surface area contributed by atoms with Gasteiger partial charge in [-0.05, 0) is 30.7 Å². The minimum Gasteiger partial charge on any atom is -0.507 e. The monoisotopic (exact) mass is 658 g/mol. The van der Waals surface area contributed by atoms with Crippen LogP contribution < -0.4 is 24.3 Å². The summed E-state index contributed by atoms with van der Waals surface area (Å²) in [4.78, 5) is 43.7. The maximum Gasteiger partial charge on any atom is 0.231 e. The Morgan fingerprint density at radius 3 is 2.46 bits per heavy atom. The first-order valence-corrected chi connectivity index (χ1v) is 15.5. The molecule has 0 saturated carbocycles. The van der Waals surface area contributed by atoms with E-state index in [1.54, 1.807) is 13.0 Å². The Kier molecular flexibility index (Phi) is 9.99. The number of hydrogen-bond donors (Lipinski definition) is 3. The highest BCUT2D eigenvalue weighted by atomic mass is 35.5. The number of nitrogens with one attached hydrogen (secondary N) is 1. The van der Waals surface area contributed by atoms with E-state index in [1.165, 1.54) is 39.5 Å². The number of carbonyl (C=O) groups excluding carboxylic acids is 3. The van der Waals surface area contributed by atoms with E-state index in [0.717, 1.165) is 19.6 Å². The van der Waals surface area contributed by atoms with Crippen molar-refractivity contribution in [2.45, 2.75) is 37.7 Å². The van der Waals surface area contributed by atoms with E-state index >= 15 is 0 Å². The van der Waals surface area contributed by atoms with E-state index in [4.69, 9.17) is 35.3 Å². The van der Waals surface area contributed by atoms with Crippen molar-refractivity contribution in [2.75, 3.05) is 60.7 Å². The molecule has 248 valence electrons. The normalized spacial score (nSPS) is 22.0. The lowest BCUT2D eigenvalue weighted by molar-refractivity contribution is -0.121. The number of fused-ring (bicyclic) bond motifs is 1. The fourth-order valence-corrected chi connectivity index (χ4v) is 6.71. The molecule has 3 aliphatic rings. The number of aliphatic hydroxyl groups excluding tert-OH is 1. The van der Waals surface area contributed by atoms with Gasteiger partial charge < -0.3 is 39.2 Å². The summed E-state index contributed by atoms with van der Waals surface area (Å²) in [5.74, 6) is -3.60. The molecule has 1 aliphatic carbocycles. The Morgan fingerprint density at radius 2 is 1.78 bits per heavy atom. The van der Waals surface area contributed by atoms with Crippen LogP contribution in [0.2, 0.25) is 5.02 Å². The van der Waals surface area contributed by atoms with Crippen LogP contribution in [-0.2, 0) is 14.3 Å². The average Bonchev–Trinajstić information content (AvgIpc) is 3.37. The van der Waals surface area contributed by atoms with Gasteiger partial charge in [-0.1, -0.05) is 24.6 Å². The molecule has 0 unspecified atom stereocenters. The molecule has 5 rings (SSSR count). The van der Waals surface area contributed by atoms with Gasteiger partial charge in [-0.3, -0.25) is 19.3 Å². The Morgan fingerprint density at radius 1 is 1.09 bits per heavy atom. The number of nitrogens with zero attached hydrogens (tertiary/aromatic N) is 1. The summed E-state index contributed by atoms with van der Waals surface area (Å²) in [6, 6.07) is 5.88. The number of Topliss-reactive ketones (excluding diaryl/α,β-unsaturated/α-hetero) is 2. The summed E-state index contributed by atoms with van der Waals surface area (Å²) in [6.45, 7) is 5.86. The van der Waals surface area contributed by atoms with Crippen molar-refractivity contribution >= 4 is 29.1 Å². The zero-order valence-electron chi connectivity index (χ0n) is 26.3. The van der Waals surface area contributed by atoms with Gasteiger partial charge >= 0.3 is 0 Å². The van der Waals surface area contributed by atoms with Crippen LogP contribution in [0.1, 0.15) is 48.0 Å². The number of halogens is 1. The number of phenolic OH excluding ortho intramolecular Hbond substituents is 1. The number of aromatic hydroxyl groups is 1. The Labute approximate surface area is 272 Å².